The molecule has 0 aliphatic carbocycles. The molecular formula is C22H21N5O2. The molecule has 3 heterocycles. The summed E-state index contributed by atoms with van der Waals surface area (Å²) in [6.07, 6.45) is 4.58. The average molecular weight is 387 g/mol. The van der Waals surface area contributed by atoms with Crippen LogP contribution in [0.1, 0.15) is 29.3 Å². The highest BCUT2D eigenvalue weighted by atomic mass is 16.5. The molecule has 0 spiro atoms. The van der Waals surface area contributed by atoms with Gasteiger partial charge in [0.1, 0.15) is 11.8 Å². The highest BCUT2D eigenvalue weighted by Gasteiger charge is 2.17. The van der Waals surface area contributed by atoms with E-state index in [1.54, 1.807) is 29.1 Å². The summed E-state index contributed by atoms with van der Waals surface area (Å²) < 4.78 is 7.47. The number of fused-ring (bicyclic) bond motifs is 1. The Morgan fingerprint density at radius 2 is 2.24 bits per heavy atom. The smallest absolute Gasteiger partial charge is 0.229 e. The van der Waals surface area contributed by atoms with E-state index in [1.165, 1.54) is 11.8 Å². The summed E-state index contributed by atoms with van der Waals surface area (Å²) >= 11 is 0. The Morgan fingerprint density at radius 3 is 3.03 bits per heavy atom. The lowest BCUT2D eigenvalue weighted by molar-refractivity contribution is -0.115. The van der Waals surface area contributed by atoms with Crippen LogP contribution in [0, 0.1) is 17.2 Å². The summed E-state index contributed by atoms with van der Waals surface area (Å²) in [6, 6.07) is 13.3. The Balaban J connectivity index is 1.35. The summed E-state index contributed by atoms with van der Waals surface area (Å²) in [5.74, 6) is 1.77. The van der Waals surface area contributed by atoms with Gasteiger partial charge in [-0.1, -0.05) is 19.1 Å². The van der Waals surface area contributed by atoms with Crippen molar-refractivity contribution in [3.63, 3.8) is 0 Å². The fourth-order valence-electron chi connectivity index (χ4n) is 3.32. The molecule has 0 fully saturated rings. The van der Waals surface area contributed by atoms with Gasteiger partial charge in [0.25, 0.3) is 0 Å². The van der Waals surface area contributed by atoms with Crippen molar-refractivity contribution in [3.05, 3.63) is 71.2 Å². The Bertz CT molecular complexity index is 1070. The van der Waals surface area contributed by atoms with Gasteiger partial charge in [0.15, 0.2) is 5.82 Å². The van der Waals surface area contributed by atoms with E-state index < -0.39 is 0 Å². The molecule has 0 bridgehead atoms. The molecule has 0 saturated carbocycles. The van der Waals surface area contributed by atoms with E-state index in [4.69, 9.17) is 10.00 Å². The summed E-state index contributed by atoms with van der Waals surface area (Å²) in [4.78, 5) is 16.6. The van der Waals surface area contributed by atoms with E-state index in [2.05, 4.69) is 22.3 Å². The van der Waals surface area contributed by atoms with Gasteiger partial charge < -0.3 is 10.1 Å². The van der Waals surface area contributed by atoms with Gasteiger partial charge in [0.2, 0.25) is 5.91 Å². The van der Waals surface area contributed by atoms with Gasteiger partial charge in [-0.25, -0.2) is 0 Å². The van der Waals surface area contributed by atoms with Crippen molar-refractivity contribution in [1.82, 2.24) is 14.8 Å². The first-order valence-corrected chi connectivity index (χ1v) is 9.52. The van der Waals surface area contributed by atoms with Crippen LogP contribution in [0.2, 0.25) is 0 Å². The Hall–Kier alpha value is -3.66. The van der Waals surface area contributed by atoms with Crippen LogP contribution in [0.3, 0.4) is 0 Å². The molecule has 7 nitrogen and oxygen atoms in total. The summed E-state index contributed by atoms with van der Waals surface area (Å²) in [7, 11) is 0. The Morgan fingerprint density at radius 1 is 1.34 bits per heavy atom. The number of pyridine rings is 1. The maximum absolute atomic E-state index is 12.4. The Kier molecular flexibility index (Phi) is 5.25. The zero-order valence-corrected chi connectivity index (χ0v) is 16.1. The number of nitrogens with zero attached hydrogens (tertiary/aromatic N) is 4. The number of rotatable bonds is 5. The van der Waals surface area contributed by atoms with Crippen molar-refractivity contribution in [3.8, 4) is 11.8 Å². The molecule has 29 heavy (non-hydrogen) atoms. The summed E-state index contributed by atoms with van der Waals surface area (Å²) in [5.41, 5.74) is 3.41. The van der Waals surface area contributed by atoms with Crippen LogP contribution in [0.5, 0.6) is 5.75 Å². The van der Waals surface area contributed by atoms with Gasteiger partial charge in [-0.05, 0) is 41.7 Å². The molecule has 0 radical (unpaired) electrons. The molecule has 7 heteroatoms. The Labute approximate surface area is 169 Å². The molecule has 146 valence electrons. The largest absolute Gasteiger partial charge is 0.493 e. The highest BCUT2D eigenvalue weighted by Crippen LogP contribution is 2.28. The molecule has 4 rings (SSSR count). The topological polar surface area (TPSA) is 92.8 Å². The molecule has 0 saturated heterocycles. The molecule has 1 amide bonds. The predicted molar refractivity (Wildman–Crippen MR) is 107 cm³/mol. The van der Waals surface area contributed by atoms with Crippen LogP contribution in [-0.2, 0) is 24.2 Å². The lowest BCUT2D eigenvalue weighted by Gasteiger charge is -2.22. The van der Waals surface area contributed by atoms with E-state index in [0.717, 1.165) is 23.4 Å². The third-order valence-corrected chi connectivity index (χ3v) is 4.77. The van der Waals surface area contributed by atoms with Crippen LogP contribution >= 0.6 is 0 Å². The third kappa shape index (κ3) is 4.61. The number of anilines is 1. The molecule has 1 aliphatic rings. The van der Waals surface area contributed by atoms with E-state index in [0.29, 0.717) is 30.5 Å². The minimum absolute atomic E-state index is 0.129. The van der Waals surface area contributed by atoms with Gasteiger partial charge in [-0.15, -0.1) is 0 Å². The van der Waals surface area contributed by atoms with Gasteiger partial charge in [0.05, 0.1) is 30.8 Å². The standard InChI is InChI=1S/C22H21N5O2/c1-15-8-18-4-2-16(9-20(18)29-14-15)10-22(28)25-21-6-7-27(26-21)13-19-5-3-17(11-23)12-24-19/h2-7,9,12,15H,8,10,13-14H2,1H3,(H,25,26,28)/t15-/m1/s1. The molecule has 1 aliphatic heterocycles. The quantitative estimate of drug-likeness (QED) is 0.727. The first kappa shape index (κ1) is 18.7. The number of hydrogen-bond acceptors (Lipinski definition) is 5. The normalized spacial score (nSPS) is 15.1. The number of hydrogen-bond donors (Lipinski definition) is 1. The third-order valence-electron chi connectivity index (χ3n) is 4.77. The van der Waals surface area contributed by atoms with Crippen molar-refractivity contribution in [2.45, 2.75) is 26.3 Å². The molecule has 1 N–H and O–H groups in total. The molecule has 1 aromatic carbocycles. The molecular weight excluding hydrogens is 366 g/mol. The fourth-order valence-corrected chi connectivity index (χ4v) is 3.32. The second-order valence-corrected chi connectivity index (χ2v) is 7.34. The van der Waals surface area contributed by atoms with Crippen molar-refractivity contribution in [2.75, 3.05) is 11.9 Å². The van der Waals surface area contributed by atoms with E-state index in [-0.39, 0.29) is 12.3 Å². The molecule has 1 atom stereocenters. The van der Waals surface area contributed by atoms with Gasteiger partial charge >= 0.3 is 0 Å². The number of carbonyl (C=O) groups is 1. The zero-order chi connectivity index (χ0) is 20.2. The molecule has 3 aromatic rings. The van der Waals surface area contributed by atoms with Gasteiger partial charge in [0, 0.05) is 18.5 Å². The average Bonchev–Trinajstić information content (AvgIpc) is 3.15. The van der Waals surface area contributed by atoms with Crippen LogP contribution in [-0.4, -0.2) is 27.3 Å². The van der Waals surface area contributed by atoms with E-state index in [9.17, 15) is 4.79 Å². The van der Waals surface area contributed by atoms with Gasteiger partial charge in [-0.3, -0.25) is 14.5 Å². The molecule has 2 aromatic heterocycles. The van der Waals surface area contributed by atoms with E-state index >= 15 is 0 Å². The first-order chi connectivity index (χ1) is 14.1. The number of carbonyl (C=O) groups excluding carboxylic acids is 1. The fraction of sp³-hybridized carbons (Fsp3) is 0.273. The number of amides is 1. The van der Waals surface area contributed by atoms with Crippen LogP contribution in [0.15, 0.2) is 48.8 Å². The number of aromatic nitrogens is 3. The maximum Gasteiger partial charge on any atom is 0.229 e. The number of nitrogens with one attached hydrogen (secondary N) is 1. The number of benzene rings is 1. The minimum Gasteiger partial charge on any atom is -0.493 e. The number of nitriles is 1. The van der Waals surface area contributed by atoms with Crippen molar-refractivity contribution < 1.29 is 9.53 Å². The monoisotopic (exact) mass is 387 g/mol. The van der Waals surface area contributed by atoms with Crippen molar-refractivity contribution in [1.29, 1.82) is 5.26 Å². The highest BCUT2D eigenvalue weighted by molar-refractivity contribution is 5.91. The van der Waals surface area contributed by atoms with Crippen molar-refractivity contribution >= 4 is 11.7 Å². The first-order valence-electron chi connectivity index (χ1n) is 9.52. The van der Waals surface area contributed by atoms with Gasteiger partial charge in [-0.2, -0.15) is 10.4 Å². The summed E-state index contributed by atoms with van der Waals surface area (Å²) in [6.45, 7) is 3.34. The predicted octanol–water partition coefficient (Wildman–Crippen LogP) is 2.95. The maximum atomic E-state index is 12.4. The lowest BCUT2D eigenvalue weighted by Crippen LogP contribution is -2.19. The van der Waals surface area contributed by atoms with Crippen LogP contribution < -0.4 is 10.1 Å². The van der Waals surface area contributed by atoms with Crippen LogP contribution in [0.4, 0.5) is 5.82 Å². The molecule has 0 unspecified atom stereocenters. The zero-order valence-electron chi connectivity index (χ0n) is 16.1. The second kappa shape index (κ2) is 8.15. The summed E-state index contributed by atoms with van der Waals surface area (Å²) in [5, 5.41) is 16.0. The second-order valence-electron chi connectivity index (χ2n) is 7.34. The van der Waals surface area contributed by atoms with Crippen LogP contribution in [0.25, 0.3) is 0 Å². The van der Waals surface area contributed by atoms with Crippen molar-refractivity contribution in [2.24, 2.45) is 5.92 Å². The van der Waals surface area contributed by atoms with E-state index in [1.807, 2.05) is 24.3 Å². The lowest BCUT2D eigenvalue weighted by atomic mass is 9.96. The SMILES string of the molecule is C[C@H]1COc2cc(CC(=O)Nc3ccn(Cc4ccc(C#N)cn4)n3)ccc2C1. The number of ether oxygens (including phenoxy) is 1. The minimum atomic E-state index is -0.129.